The number of hydrogen-bond acceptors (Lipinski definition) is 3. The molecule has 0 atom stereocenters. The molecule has 0 N–H and O–H groups in total. The molecule has 1 aromatic heterocycles. The molecule has 2 aromatic rings. The second-order valence-corrected chi connectivity index (χ2v) is 2.99. The Hall–Kier alpha value is -1.42. The largest absolute Gasteiger partial charge is 0.494 e. The Morgan fingerprint density at radius 3 is 2.93 bits per heavy atom. The summed E-state index contributed by atoms with van der Waals surface area (Å²) < 4.78 is 18.3. The van der Waals surface area contributed by atoms with E-state index in [1.165, 1.54) is 25.4 Å². The summed E-state index contributed by atoms with van der Waals surface area (Å²) in [6, 6.07) is 2.80. The fourth-order valence-electron chi connectivity index (χ4n) is 1.21. The number of hydrogen-bond donors (Lipinski definition) is 0. The van der Waals surface area contributed by atoms with Crippen LogP contribution >= 0.6 is 11.6 Å². The van der Waals surface area contributed by atoms with Crippen LogP contribution in [0.2, 0.25) is 5.28 Å². The van der Waals surface area contributed by atoms with E-state index in [1.54, 1.807) is 0 Å². The van der Waals surface area contributed by atoms with Crippen LogP contribution in [0.5, 0.6) is 5.75 Å². The van der Waals surface area contributed by atoms with E-state index >= 15 is 0 Å². The van der Waals surface area contributed by atoms with Crippen molar-refractivity contribution in [3.8, 4) is 5.75 Å². The van der Waals surface area contributed by atoms with Crippen molar-refractivity contribution >= 4 is 22.5 Å². The van der Waals surface area contributed by atoms with Gasteiger partial charge in [-0.1, -0.05) is 0 Å². The molecule has 0 unspecified atom stereocenters. The number of benzene rings is 1. The Balaban J connectivity index is 2.85. The zero-order chi connectivity index (χ0) is 10.1. The predicted molar refractivity (Wildman–Crippen MR) is 51.1 cm³/mol. The molecule has 3 nitrogen and oxygen atoms in total. The Morgan fingerprint density at radius 1 is 1.43 bits per heavy atom. The van der Waals surface area contributed by atoms with Gasteiger partial charge in [-0.25, -0.2) is 14.4 Å². The normalized spacial score (nSPS) is 10.5. The average molecular weight is 213 g/mol. The Bertz CT molecular complexity index is 489. The van der Waals surface area contributed by atoms with Crippen LogP contribution < -0.4 is 4.74 Å². The first-order chi connectivity index (χ1) is 6.72. The standard InChI is InChI=1S/C9H6ClFN2O/c1-14-7-3-2-6(11)5-4-12-9(10)13-8(5)7/h2-4H,1H3. The van der Waals surface area contributed by atoms with Gasteiger partial charge in [-0.05, 0) is 23.7 Å². The smallest absolute Gasteiger partial charge is 0.223 e. The van der Waals surface area contributed by atoms with E-state index in [-0.39, 0.29) is 5.28 Å². The molecule has 0 amide bonds. The van der Waals surface area contributed by atoms with Gasteiger partial charge in [0.25, 0.3) is 0 Å². The molecule has 1 aromatic carbocycles. The van der Waals surface area contributed by atoms with Gasteiger partial charge in [0.1, 0.15) is 17.1 Å². The first-order valence-electron chi connectivity index (χ1n) is 3.87. The van der Waals surface area contributed by atoms with Crippen molar-refractivity contribution in [3.63, 3.8) is 0 Å². The predicted octanol–water partition coefficient (Wildman–Crippen LogP) is 2.43. The molecule has 0 fully saturated rings. The summed E-state index contributed by atoms with van der Waals surface area (Å²) in [5.41, 5.74) is 0.382. The lowest BCUT2D eigenvalue weighted by atomic mass is 10.2. The molecule has 1 heterocycles. The quantitative estimate of drug-likeness (QED) is 0.681. The van der Waals surface area contributed by atoms with E-state index in [0.29, 0.717) is 16.7 Å². The number of ether oxygens (including phenoxy) is 1. The molecule has 0 radical (unpaired) electrons. The number of nitrogens with zero attached hydrogens (tertiary/aromatic N) is 2. The van der Waals surface area contributed by atoms with Crippen LogP contribution in [-0.4, -0.2) is 17.1 Å². The SMILES string of the molecule is COc1ccc(F)c2cnc(Cl)nc12. The second kappa shape index (κ2) is 3.38. The fraction of sp³-hybridized carbons (Fsp3) is 0.111. The minimum absolute atomic E-state index is 0.0707. The van der Waals surface area contributed by atoms with Gasteiger partial charge in [0.05, 0.1) is 12.5 Å². The highest BCUT2D eigenvalue weighted by atomic mass is 35.5. The second-order valence-electron chi connectivity index (χ2n) is 2.65. The Kier molecular flexibility index (Phi) is 2.21. The summed E-state index contributed by atoms with van der Waals surface area (Å²) in [4.78, 5) is 7.60. The molecule has 2 rings (SSSR count). The topological polar surface area (TPSA) is 35.0 Å². The van der Waals surface area contributed by atoms with Gasteiger partial charge in [-0.15, -0.1) is 0 Å². The van der Waals surface area contributed by atoms with Crippen LogP contribution in [0.1, 0.15) is 0 Å². The molecule has 0 aliphatic rings. The molecule has 5 heteroatoms. The summed E-state index contributed by atoms with van der Waals surface area (Å²) in [6.45, 7) is 0. The van der Waals surface area contributed by atoms with E-state index in [4.69, 9.17) is 16.3 Å². The van der Waals surface area contributed by atoms with Crippen LogP contribution in [0.3, 0.4) is 0 Å². The van der Waals surface area contributed by atoms with Crippen LogP contribution in [0.4, 0.5) is 4.39 Å². The number of methoxy groups -OCH3 is 1. The van der Waals surface area contributed by atoms with Crippen LogP contribution in [0, 0.1) is 5.82 Å². The van der Waals surface area contributed by atoms with Crippen molar-refractivity contribution in [2.24, 2.45) is 0 Å². The highest BCUT2D eigenvalue weighted by Crippen LogP contribution is 2.25. The zero-order valence-corrected chi connectivity index (χ0v) is 8.05. The molecule has 14 heavy (non-hydrogen) atoms. The van der Waals surface area contributed by atoms with E-state index < -0.39 is 5.82 Å². The molecule has 72 valence electrons. The van der Waals surface area contributed by atoms with E-state index in [2.05, 4.69) is 9.97 Å². The van der Waals surface area contributed by atoms with E-state index in [1.807, 2.05) is 0 Å². The summed E-state index contributed by atoms with van der Waals surface area (Å²) in [5, 5.41) is 0.371. The fourth-order valence-corrected chi connectivity index (χ4v) is 1.34. The maximum Gasteiger partial charge on any atom is 0.223 e. The highest BCUT2D eigenvalue weighted by Gasteiger charge is 2.08. The molecule has 0 bridgehead atoms. The molecule has 0 aliphatic heterocycles. The lowest BCUT2D eigenvalue weighted by Gasteiger charge is -2.04. The lowest BCUT2D eigenvalue weighted by Crippen LogP contribution is -1.92. The van der Waals surface area contributed by atoms with Gasteiger partial charge in [0.2, 0.25) is 5.28 Å². The molecule has 0 spiro atoms. The summed E-state index contributed by atoms with van der Waals surface area (Å²) >= 11 is 5.60. The van der Waals surface area contributed by atoms with Crippen molar-refractivity contribution < 1.29 is 9.13 Å². The Labute approximate surface area is 84.5 Å². The maximum absolute atomic E-state index is 13.3. The third-order valence-electron chi connectivity index (χ3n) is 1.85. The first kappa shape index (κ1) is 9.15. The van der Waals surface area contributed by atoms with E-state index in [9.17, 15) is 4.39 Å². The number of aromatic nitrogens is 2. The van der Waals surface area contributed by atoms with Gasteiger partial charge in [-0.2, -0.15) is 0 Å². The highest BCUT2D eigenvalue weighted by molar-refractivity contribution is 6.28. The molecular weight excluding hydrogens is 207 g/mol. The number of fused-ring (bicyclic) bond motifs is 1. The van der Waals surface area contributed by atoms with Crippen LogP contribution in [0.25, 0.3) is 10.9 Å². The van der Waals surface area contributed by atoms with Crippen molar-refractivity contribution in [3.05, 3.63) is 29.4 Å². The van der Waals surface area contributed by atoms with Gasteiger partial charge in [-0.3, -0.25) is 0 Å². The van der Waals surface area contributed by atoms with Gasteiger partial charge in [0, 0.05) is 6.20 Å². The van der Waals surface area contributed by atoms with Crippen molar-refractivity contribution in [1.29, 1.82) is 0 Å². The molecule has 0 saturated carbocycles. The van der Waals surface area contributed by atoms with Gasteiger partial charge >= 0.3 is 0 Å². The van der Waals surface area contributed by atoms with Crippen molar-refractivity contribution in [2.45, 2.75) is 0 Å². The molecular formula is C9H6ClFN2O. The summed E-state index contributed by atoms with van der Waals surface area (Å²) in [6.07, 6.45) is 1.34. The lowest BCUT2D eigenvalue weighted by molar-refractivity contribution is 0.418. The van der Waals surface area contributed by atoms with Crippen LogP contribution in [0.15, 0.2) is 18.3 Å². The summed E-state index contributed by atoms with van der Waals surface area (Å²) in [7, 11) is 1.49. The minimum atomic E-state index is -0.391. The minimum Gasteiger partial charge on any atom is -0.494 e. The molecule has 0 saturated heterocycles. The first-order valence-corrected chi connectivity index (χ1v) is 4.25. The Morgan fingerprint density at radius 2 is 2.21 bits per heavy atom. The monoisotopic (exact) mass is 212 g/mol. The molecule has 0 aliphatic carbocycles. The zero-order valence-electron chi connectivity index (χ0n) is 7.29. The average Bonchev–Trinajstić information content (AvgIpc) is 2.18. The van der Waals surface area contributed by atoms with Gasteiger partial charge in [0.15, 0.2) is 0 Å². The van der Waals surface area contributed by atoms with E-state index in [0.717, 1.165) is 0 Å². The third kappa shape index (κ3) is 1.37. The summed E-state index contributed by atoms with van der Waals surface area (Å²) in [5.74, 6) is 0.0863. The van der Waals surface area contributed by atoms with Crippen molar-refractivity contribution in [1.82, 2.24) is 9.97 Å². The maximum atomic E-state index is 13.3. The number of halogens is 2. The number of rotatable bonds is 1. The van der Waals surface area contributed by atoms with Crippen molar-refractivity contribution in [2.75, 3.05) is 7.11 Å². The van der Waals surface area contributed by atoms with Gasteiger partial charge < -0.3 is 4.74 Å². The third-order valence-corrected chi connectivity index (χ3v) is 2.03. The van der Waals surface area contributed by atoms with Crippen LogP contribution in [-0.2, 0) is 0 Å².